The fraction of sp³-hybridized carbons (Fsp3) is 0.0769. The molecule has 21 heavy (non-hydrogen) atoms. The maximum atomic E-state index is 6.10. The number of furan rings is 1. The molecule has 2 heterocycles. The van der Waals surface area contributed by atoms with Crippen molar-refractivity contribution in [3.63, 3.8) is 0 Å². The predicted molar refractivity (Wildman–Crippen MR) is 84.4 cm³/mol. The van der Waals surface area contributed by atoms with E-state index in [9.17, 15) is 0 Å². The monoisotopic (exact) mass is 323 g/mol. The molecule has 0 spiro atoms. The first-order valence-electron chi connectivity index (χ1n) is 6.02. The summed E-state index contributed by atoms with van der Waals surface area (Å²) in [5.74, 6) is 0.361. The molecule has 0 unspecified atom stereocenters. The van der Waals surface area contributed by atoms with Crippen LogP contribution in [0, 0.1) is 0 Å². The van der Waals surface area contributed by atoms with E-state index < -0.39 is 0 Å². The molecule has 0 radical (unpaired) electrons. The smallest absolute Gasteiger partial charge is 0.233 e. The number of aromatic nitrogens is 2. The molecule has 3 aromatic rings. The molecule has 3 rings (SSSR count). The summed E-state index contributed by atoms with van der Waals surface area (Å²) in [7, 11) is 0. The molecular weight excluding hydrogens is 313 g/mol. The Morgan fingerprint density at radius 3 is 2.76 bits per heavy atom. The normalized spacial score (nSPS) is 11.0. The Morgan fingerprint density at radius 1 is 1.19 bits per heavy atom. The van der Waals surface area contributed by atoms with Gasteiger partial charge in [-0.1, -0.05) is 23.2 Å². The van der Waals surface area contributed by atoms with Crippen LogP contribution in [0.1, 0.15) is 5.56 Å². The molecule has 5 N–H and O–H groups in total. The van der Waals surface area contributed by atoms with Crippen LogP contribution in [0.3, 0.4) is 0 Å². The number of hydrogen-bond acceptors (Lipinski definition) is 6. The lowest BCUT2D eigenvalue weighted by atomic mass is 10.2. The zero-order chi connectivity index (χ0) is 15.0. The Kier molecular flexibility index (Phi) is 3.48. The number of fused-ring (bicyclic) bond motifs is 1. The van der Waals surface area contributed by atoms with Crippen molar-refractivity contribution in [1.82, 2.24) is 9.97 Å². The number of nitrogens with one attached hydrogen (secondary N) is 1. The van der Waals surface area contributed by atoms with E-state index in [1.54, 1.807) is 24.5 Å². The highest BCUT2D eigenvalue weighted by Crippen LogP contribution is 2.28. The number of nitrogens with zero attached hydrogens (tertiary/aromatic N) is 2. The highest BCUT2D eigenvalue weighted by Gasteiger charge is 2.13. The first-order valence-corrected chi connectivity index (χ1v) is 6.78. The van der Waals surface area contributed by atoms with E-state index in [1.165, 1.54) is 0 Å². The van der Waals surface area contributed by atoms with Crippen LogP contribution in [0.4, 0.5) is 17.5 Å². The van der Waals surface area contributed by atoms with E-state index in [4.69, 9.17) is 39.1 Å². The van der Waals surface area contributed by atoms with Crippen molar-refractivity contribution in [1.29, 1.82) is 0 Å². The molecule has 1 aromatic carbocycles. The molecule has 0 atom stereocenters. The van der Waals surface area contributed by atoms with Crippen molar-refractivity contribution in [3.8, 4) is 0 Å². The maximum absolute atomic E-state index is 6.10. The third kappa shape index (κ3) is 2.68. The topological polar surface area (TPSA) is 103 Å². The van der Waals surface area contributed by atoms with Crippen molar-refractivity contribution >= 4 is 51.8 Å². The molecule has 0 aliphatic carbocycles. The highest BCUT2D eigenvalue weighted by atomic mass is 35.5. The second-order valence-electron chi connectivity index (χ2n) is 4.39. The number of nitrogens with two attached hydrogens (primary N) is 2. The minimum absolute atomic E-state index is 0.0783. The van der Waals surface area contributed by atoms with Gasteiger partial charge in [-0.05, 0) is 18.2 Å². The van der Waals surface area contributed by atoms with Gasteiger partial charge in [0, 0.05) is 17.1 Å². The zero-order valence-corrected chi connectivity index (χ0v) is 12.2. The van der Waals surface area contributed by atoms with Crippen LogP contribution < -0.4 is 16.8 Å². The van der Waals surface area contributed by atoms with Gasteiger partial charge in [0.05, 0.1) is 22.4 Å². The van der Waals surface area contributed by atoms with Crippen LogP contribution in [0.5, 0.6) is 0 Å². The van der Waals surface area contributed by atoms with Crippen molar-refractivity contribution in [3.05, 3.63) is 40.1 Å². The van der Waals surface area contributed by atoms with E-state index in [2.05, 4.69) is 15.3 Å². The summed E-state index contributed by atoms with van der Waals surface area (Å²) in [5, 5.41) is 4.93. The van der Waals surface area contributed by atoms with E-state index in [1.807, 2.05) is 0 Å². The minimum atomic E-state index is 0.0783. The summed E-state index contributed by atoms with van der Waals surface area (Å²) in [5.41, 5.74) is 13.3. The van der Waals surface area contributed by atoms with E-state index in [0.717, 1.165) is 11.3 Å². The van der Waals surface area contributed by atoms with E-state index in [-0.39, 0.29) is 11.8 Å². The van der Waals surface area contributed by atoms with Crippen molar-refractivity contribution in [2.75, 3.05) is 16.8 Å². The predicted octanol–water partition coefficient (Wildman–Crippen LogP) is 3.31. The van der Waals surface area contributed by atoms with Crippen LogP contribution in [0.2, 0.25) is 10.0 Å². The molecule has 0 aliphatic rings. The van der Waals surface area contributed by atoms with Crippen LogP contribution in [-0.2, 0) is 6.54 Å². The van der Waals surface area contributed by atoms with Crippen molar-refractivity contribution in [2.24, 2.45) is 0 Å². The Labute approximate surface area is 130 Å². The van der Waals surface area contributed by atoms with Crippen LogP contribution >= 0.6 is 23.2 Å². The summed E-state index contributed by atoms with van der Waals surface area (Å²) >= 11 is 12.0. The van der Waals surface area contributed by atoms with Crippen LogP contribution in [0.25, 0.3) is 11.1 Å². The molecule has 0 amide bonds. The first-order chi connectivity index (χ1) is 10.0. The average Bonchev–Trinajstić information content (AvgIpc) is 2.81. The summed E-state index contributed by atoms with van der Waals surface area (Å²) in [6, 6.07) is 5.21. The van der Waals surface area contributed by atoms with Gasteiger partial charge < -0.3 is 21.2 Å². The third-order valence-electron chi connectivity index (χ3n) is 2.96. The lowest BCUT2D eigenvalue weighted by Crippen LogP contribution is -2.03. The van der Waals surface area contributed by atoms with Gasteiger partial charge in [-0.25, -0.2) is 0 Å². The number of nitrogen functional groups attached to an aromatic ring is 2. The number of rotatable bonds is 3. The second-order valence-corrected chi connectivity index (χ2v) is 5.23. The van der Waals surface area contributed by atoms with Crippen LogP contribution in [-0.4, -0.2) is 9.97 Å². The van der Waals surface area contributed by atoms with Crippen molar-refractivity contribution < 1.29 is 4.42 Å². The van der Waals surface area contributed by atoms with Gasteiger partial charge in [0.25, 0.3) is 0 Å². The molecule has 0 aliphatic heterocycles. The fourth-order valence-corrected chi connectivity index (χ4v) is 2.48. The van der Waals surface area contributed by atoms with E-state index in [0.29, 0.717) is 27.7 Å². The highest BCUT2D eigenvalue weighted by molar-refractivity contribution is 6.36. The zero-order valence-electron chi connectivity index (χ0n) is 10.7. The van der Waals surface area contributed by atoms with Gasteiger partial charge in [0.1, 0.15) is 5.82 Å². The molecule has 0 bridgehead atoms. The standard InChI is InChI=1S/C13H11Cl2N5O/c14-7-1-2-9(8(15)3-7)18-4-6-5-21-12-10(6)11(16)19-13(17)20-12/h1-3,5,18H,4H2,(H4,16,17,19,20). The summed E-state index contributed by atoms with van der Waals surface area (Å²) in [6.45, 7) is 0.450. The number of anilines is 3. The Morgan fingerprint density at radius 2 is 2.00 bits per heavy atom. The second kappa shape index (κ2) is 5.31. The number of halogens is 2. The molecule has 0 saturated carbocycles. The molecule has 8 heteroatoms. The first kappa shape index (κ1) is 13.8. The third-order valence-corrected chi connectivity index (χ3v) is 3.50. The molecular formula is C13H11Cl2N5O. The van der Waals surface area contributed by atoms with Crippen molar-refractivity contribution in [2.45, 2.75) is 6.54 Å². The SMILES string of the molecule is Nc1nc(N)c2c(CNc3ccc(Cl)cc3Cl)coc2n1. The minimum Gasteiger partial charge on any atom is -0.446 e. The van der Waals surface area contributed by atoms with E-state index >= 15 is 0 Å². The number of hydrogen-bond donors (Lipinski definition) is 3. The molecule has 0 saturated heterocycles. The molecule has 108 valence electrons. The number of benzene rings is 1. The summed E-state index contributed by atoms with van der Waals surface area (Å²) in [6.07, 6.45) is 1.56. The Bertz CT molecular complexity index is 818. The van der Waals surface area contributed by atoms with Gasteiger partial charge >= 0.3 is 0 Å². The largest absolute Gasteiger partial charge is 0.446 e. The fourth-order valence-electron chi connectivity index (χ4n) is 2.00. The Balaban J connectivity index is 1.89. The van der Waals surface area contributed by atoms with Gasteiger partial charge in [-0.2, -0.15) is 9.97 Å². The summed E-state index contributed by atoms with van der Waals surface area (Å²) < 4.78 is 5.34. The van der Waals surface area contributed by atoms with Gasteiger partial charge in [-0.15, -0.1) is 0 Å². The Hall–Kier alpha value is -2.18. The van der Waals surface area contributed by atoms with Gasteiger partial charge in [0.2, 0.25) is 11.7 Å². The molecule has 6 nitrogen and oxygen atoms in total. The lowest BCUT2D eigenvalue weighted by molar-refractivity contribution is 0.599. The average molecular weight is 324 g/mol. The van der Waals surface area contributed by atoms with Crippen LogP contribution in [0.15, 0.2) is 28.9 Å². The molecule has 0 fully saturated rings. The van der Waals surface area contributed by atoms with Gasteiger partial charge in [0.15, 0.2) is 0 Å². The summed E-state index contributed by atoms with van der Waals surface area (Å²) in [4.78, 5) is 7.92. The maximum Gasteiger partial charge on any atom is 0.233 e. The van der Waals surface area contributed by atoms with Gasteiger partial charge in [-0.3, -0.25) is 0 Å². The molecule has 2 aromatic heterocycles. The quantitative estimate of drug-likeness (QED) is 0.683. The lowest BCUT2D eigenvalue weighted by Gasteiger charge is -2.08.